The van der Waals surface area contributed by atoms with Gasteiger partial charge in [0.1, 0.15) is 0 Å². The molecule has 0 aliphatic heterocycles. The Hall–Kier alpha value is 0.0900. The first-order valence-electron chi connectivity index (χ1n) is 6.36. The van der Waals surface area contributed by atoms with Crippen LogP contribution in [0.1, 0.15) is 32.6 Å². The molecule has 1 N–H and O–H groups in total. The van der Waals surface area contributed by atoms with Gasteiger partial charge in [-0.1, -0.05) is 22.9 Å². The van der Waals surface area contributed by atoms with E-state index in [0.29, 0.717) is 15.3 Å². The summed E-state index contributed by atoms with van der Waals surface area (Å²) in [5.74, 6) is 0.707. The summed E-state index contributed by atoms with van der Waals surface area (Å²) in [6.07, 6.45) is 4.03. The number of sulfonamides is 1. The highest BCUT2D eigenvalue weighted by Crippen LogP contribution is 2.28. The number of hydrogen-bond donors (Lipinski definition) is 1. The van der Waals surface area contributed by atoms with Crippen molar-refractivity contribution in [2.24, 2.45) is 5.92 Å². The number of hydrogen-bond acceptors (Lipinski definition) is 2. The summed E-state index contributed by atoms with van der Waals surface area (Å²) in [6, 6.07) is 5.23. The van der Waals surface area contributed by atoms with E-state index in [0.717, 1.165) is 30.2 Å². The molecule has 6 heteroatoms. The average molecular weight is 411 g/mol. The third-order valence-electron chi connectivity index (χ3n) is 3.52. The summed E-state index contributed by atoms with van der Waals surface area (Å²) in [6.45, 7) is 2.22. The number of halogens is 2. The summed E-state index contributed by atoms with van der Waals surface area (Å²) < 4.78 is 29.0. The molecular weight excluding hydrogens is 394 g/mol. The van der Waals surface area contributed by atoms with Crippen LogP contribution in [0, 0.1) is 5.92 Å². The van der Waals surface area contributed by atoms with E-state index in [4.69, 9.17) is 0 Å². The molecule has 3 nitrogen and oxygen atoms in total. The molecule has 0 amide bonds. The van der Waals surface area contributed by atoms with Crippen molar-refractivity contribution in [3.8, 4) is 0 Å². The topological polar surface area (TPSA) is 46.2 Å². The SMILES string of the molecule is CC1CCC(NS(=O)(=O)c2cc(Br)ccc2Br)CC1. The highest BCUT2D eigenvalue weighted by Gasteiger charge is 2.25. The Morgan fingerprint density at radius 3 is 2.42 bits per heavy atom. The van der Waals surface area contributed by atoms with Gasteiger partial charge in [-0.25, -0.2) is 13.1 Å². The zero-order valence-electron chi connectivity index (χ0n) is 10.7. The third kappa shape index (κ3) is 4.03. The predicted molar refractivity (Wildman–Crippen MR) is 83.6 cm³/mol. The van der Waals surface area contributed by atoms with Gasteiger partial charge in [-0.05, 0) is 65.7 Å². The maximum atomic E-state index is 12.4. The molecule has 19 heavy (non-hydrogen) atoms. The number of nitrogens with one attached hydrogen (secondary N) is 1. The fourth-order valence-corrected chi connectivity index (χ4v) is 5.15. The van der Waals surface area contributed by atoms with Gasteiger partial charge >= 0.3 is 0 Å². The van der Waals surface area contributed by atoms with Gasteiger partial charge < -0.3 is 0 Å². The van der Waals surface area contributed by atoms with Crippen molar-refractivity contribution in [3.05, 3.63) is 27.1 Å². The lowest BCUT2D eigenvalue weighted by Crippen LogP contribution is -2.37. The summed E-state index contributed by atoms with van der Waals surface area (Å²) >= 11 is 6.61. The van der Waals surface area contributed by atoms with Crippen LogP contribution in [0.5, 0.6) is 0 Å². The molecule has 106 valence electrons. The maximum Gasteiger partial charge on any atom is 0.241 e. The van der Waals surface area contributed by atoms with Crippen LogP contribution in [-0.4, -0.2) is 14.5 Å². The predicted octanol–water partition coefficient (Wildman–Crippen LogP) is 4.07. The van der Waals surface area contributed by atoms with Crippen LogP contribution in [-0.2, 0) is 10.0 Å². The molecule has 1 aromatic carbocycles. The first kappa shape index (κ1) is 15.5. The van der Waals surface area contributed by atoms with Crippen LogP contribution in [0.4, 0.5) is 0 Å². The van der Waals surface area contributed by atoms with E-state index in [1.165, 1.54) is 0 Å². The van der Waals surface area contributed by atoms with Gasteiger partial charge in [0, 0.05) is 15.0 Å². The van der Waals surface area contributed by atoms with Gasteiger partial charge in [-0.15, -0.1) is 0 Å². The zero-order valence-corrected chi connectivity index (χ0v) is 14.7. The molecular formula is C13H17Br2NO2S. The Labute approximate surface area is 131 Å². The van der Waals surface area contributed by atoms with E-state index in [1.54, 1.807) is 12.1 Å². The lowest BCUT2D eigenvalue weighted by Gasteiger charge is -2.26. The lowest BCUT2D eigenvalue weighted by atomic mass is 9.88. The first-order chi connectivity index (χ1) is 8.88. The van der Waals surface area contributed by atoms with Gasteiger partial charge in [0.25, 0.3) is 0 Å². The number of benzene rings is 1. The molecule has 0 bridgehead atoms. The smallest absolute Gasteiger partial charge is 0.208 e. The van der Waals surface area contributed by atoms with E-state index in [-0.39, 0.29) is 6.04 Å². The van der Waals surface area contributed by atoms with E-state index < -0.39 is 10.0 Å². The summed E-state index contributed by atoms with van der Waals surface area (Å²) in [7, 11) is -3.46. The Kier molecular flexibility index (Phi) is 5.09. The molecule has 1 aromatic rings. The maximum absolute atomic E-state index is 12.4. The largest absolute Gasteiger partial charge is 0.241 e. The molecule has 0 spiro atoms. The Morgan fingerprint density at radius 1 is 1.16 bits per heavy atom. The minimum atomic E-state index is -3.46. The second-order valence-corrected chi connectivity index (χ2v) is 8.61. The zero-order chi connectivity index (χ0) is 14.0. The van der Waals surface area contributed by atoms with Crippen molar-refractivity contribution in [1.29, 1.82) is 0 Å². The highest BCUT2D eigenvalue weighted by molar-refractivity contribution is 9.11. The lowest BCUT2D eigenvalue weighted by molar-refractivity contribution is 0.332. The average Bonchev–Trinajstić information content (AvgIpc) is 2.35. The first-order valence-corrected chi connectivity index (χ1v) is 9.43. The monoisotopic (exact) mass is 409 g/mol. The summed E-state index contributed by atoms with van der Waals surface area (Å²) in [5, 5.41) is 0. The van der Waals surface area contributed by atoms with Gasteiger partial charge in [0.15, 0.2) is 0 Å². The Morgan fingerprint density at radius 2 is 1.79 bits per heavy atom. The minimum absolute atomic E-state index is 0.0621. The van der Waals surface area contributed by atoms with Crippen LogP contribution in [0.15, 0.2) is 32.0 Å². The fourth-order valence-electron chi connectivity index (χ4n) is 2.34. The van der Waals surface area contributed by atoms with E-state index in [1.807, 2.05) is 6.07 Å². The molecule has 1 aliphatic rings. The normalized spacial score (nSPS) is 24.4. The van der Waals surface area contributed by atoms with Gasteiger partial charge in [0.2, 0.25) is 10.0 Å². The van der Waals surface area contributed by atoms with Crippen molar-refractivity contribution in [3.63, 3.8) is 0 Å². The molecule has 1 saturated carbocycles. The van der Waals surface area contributed by atoms with Crippen LogP contribution >= 0.6 is 31.9 Å². The van der Waals surface area contributed by atoms with Crippen LogP contribution in [0.3, 0.4) is 0 Å². The van der Waals surface area contributed by atoms with Gasteiger partial charge in [-0.3, -0.25) is 0 Å². The van der Waals surface area contributed by atoms with Crippen molar-refractivity contribution in [1.82, 2.24) is 4.72 Å². The second kappa shape index (κ2) is 6.24. The van der Waals surface area contributed by atoms with Crippen molar-refractivity contribution >= 4 is 41.9 Å². The quantitative estimate of drug-likeness (QED) is 0.816. The van der Waals surface area contributed by atoms with E-state index >= 15 is 0 Å². The molecule has 0 saturated heterocycles. The van der Waals surface area contributed by atoms with Gasteiger partial charge in [0.05, 0.1) is 4.90 Å². The second-order valence-electron chi connectivity index (χ2n) is 5.15. The van der Waals surface area contributed by atoms with Crippen molar-refractivity contribution in [2.75, 3.05) is 0 Å². The molecule has 2 rings (SSSR count). The summed E-state index contributed by atoms with van der Waals surface area (Å²) in [4.78, 5) is 0.292. The van der Waals surface area contributed by atoms with Crippen LogP contribution < -0.4 is 4.72 Å². The Balaban J connectivity index is 2.16. The molecule has 1 aliphatic carbocycles. The fraction of sp³-hybridized carbons (Fsp3) is 0.538. The van der Waals surface area contributed by atoms with Crippen molar-refractivity contribution < 1.29 is 8.42 Å². The Bertz CT molecular complexity index is 552. The standard InChI is InChI=1S/C13H17Br2NO2S/c1-9-2-5-11(6-3-9)16-19(17,18)13-8-10(14)4-7-12(13)15/h4,7-9,11,16H,2-3,5-6H2,1H3. The molecule has 0 radical (unpaired) electrons. The third-order valence-corrected chi connectivity index (χ3v) is 6.53. The van der Waals surface area contributed by atoms with E-state index in [2.05, 4.69) is 43.5 Å². The molecule has 0 aromatic heterocycles. The number of rotatable bonds is 3. The molecule has 0 heterocycles. The van der Waals surface area contributed by atoms with E-state index in [9.17, 15) is 8.42 Å². The van der Waals surface area contributed by atoms with Gasteiger partial charge in [-0.2, -0.15) is 0 Å². The molecule has 0 atom stereocenters. The minimum Gasteiger partial charge on any atom is -0.208 e. The van der Waals surface area contributed by atoms with Crippen LogP contribution in [0.2, 0.25) is 0 Å². The molecule has 1 fully saturated rings. The summed E-state index contributed by atoms with van der Waals surface area (Å²) in [5.41, 5.74) is 0. The van der Waals surface area contributed by atoms with Crippen LogP contribution in [0.25, 0.3) is 0 Å². The molecule has 0 unspecified atom stereocenters. The highest BCUT2D eigenvalue weighted by atomic mass is 79.9. The van der Waals surface area contributed by atoms with Crippen molar-refractivity contribution in [2.45, 2.75) is 43.5 Å².